The molecule has 1 heterocycles. The zero-order valence-corrected chi connectivity index (χ0v) is 22.3. The lowest BCUT2D eigenvalue weighted by Crippen LogP contribution is -2.40. The van der Waals surface area contributed by atoms with Gasteiger partial charge in [-0.3, -0.25) is 9.10 Å². The Morgan fingerprint density at radius 3 is 2.19 bits per heavy atom. The van der Waals surface area contributed by atoms with Gasteiger partial charge in [0.15, 0.2) is 11.5 Å². The third-order valence-electron chi connectivity index (χ3n) is 6.45. The number of benzene rings is 3. The van der Waals surface area contributed by atoms with Crippen LogP contribution in [-0.4, -0.2) is 48.2 Å². The highest BCUT2D eigenvalue weighted by Gasteiger charge is 2.28. The van der Waals surface area contributed by atoms with Gasteiger partial charge in [0, 0.05) is 31.4 Å². The SMILES string of the molecule is COc1ccc(N(CC(=O)NCc2ccc(N3CCCC3)cc2)S(=O)(=O)c2ccc(C)cc2)cc1OC. The standard InChI is InChI=1S/C28H33N3O5S/c1-21-6-13-25(14-7-21)37(33,34)31(24-12-15-26(35-2)27(18-24)36-3)20-28(32)29-19-22-8-10-23(11-9-22)30-16-4-5-17-30/h6-15,18H,4-5,16-17,19-20H2,1-3H3,(H,29,32). The van der Waals surface area contributed by atoms with Crippen LogP contribution < -0.4 is 24.0 Å². The van der Waals surface area contributed by atoms with Crippen LogP contribution in [0.2, 0.25) is 0 Å². The maximum absolute atomic E-state index is 13.6. The van der Waals surface area contributed by atoms with Gasteiger partial charge in [-0.2, -0.15) is 0 Å². The minimum absolute atomic E-state index is 0.0955. The summed E-state index contributed by atoms with van der Waals surface area (Å²) in [6.07, 6.45) is 2.42. The first kappa shape index (κ1) is 26.3. The molecule has 1 aliphatic rings. The van der Waals surface area contributed by atoms with Crippen molar-refractivity contribution in [3.63, 3.8) is 0 Å². The normalized spacial score (nSPS) is 13.3. The Kier molecular flexibility index (Phi) is 8.23. The Morgan fingerprint density at radius 2 is 1.57 bits per heavy atom. The Bertz CT molecular complexity index is 1320. The van der Waals surface area contributed by atoms with Gasteiger partial charge < -0.3 is 19.7 Å². The molecule has 37 heavy (non-hydrogen) atoms. The molecule has 4 rings (SSSR count). The molecule has 0 bridgehead atoms. The molecule has 1 amide bonds. The van der Waals surface area contributed by atoms with Crippen LogP contribution in [0.15, 0.2) is 71.6 Å². The summed E-state index contributed by atoms with van der Waals surface area (Å²) in [6, 6.07) is 19.4. The number of nitrogens with one attached hydrogen (secondary N) is 1. The van der Waals surface area contributed by atoms with Gasteiger partial charge in [0.2, 0.25) is 5.91 Å². The molecule has 0 aromatic heterocycles. The number of rotatable bonds is 10. The van der Waals surface area contributed by atoms with Gasteiger partial charge in [-0.1, -0.05) is 29.8 Å². The smallest absolute Gasteiger partial charge is 0.264 e. The van der Waals surface area contributed by atoms with Crippen LogP contribution in [-0.2, 0) is 21.4 Å². The van der Waals surface area contributed by atoms with Crippen LogP contribution in [0.4, 0.5) is 11.4 Å². The van der Waals surface area contributed by atoms with E-state index >= 15 is 0 Å². The summed E-state index contributed by atoms with van der Waals surface area (Å²) in [5.41, 5.74) is 3.35. The van der Waals surface area contributed by atoms with Crippen LogP contribution in [0.25, 0.3) is 0 Å². The minimum Gasteiger partial charge on any atom is -0.493 e. The Morgan fingerprint density at radius 1 is 0.919 bits per heavy atom. The number of aryl methyl sites for hydroxylation is 1. The fraction of sp³-hybridized carbons (Fsp3) is 0.321. The van der Waals surface area contributed by atoms with Gasteiger partial charge >= 0.3 is 0 Å². The van der Waals surface area contributed by atoms with Crippen LogP contribution in [0.5, 0.6) is 11.5 Å². The molecule has 3 aromatic rings. The van der Waals surface area contributed by atoms with Gasteiger partial charge in [-0.15, -0.1) is 0 Å². The number of hydrogen-bond acceptors (Lipinski definition) is 6. The molecule has 9 heteroatoms. The van der Waals surface area contributed by atoms with E-state index < -0.39 is 22.5 Å². The van der Waals surface area contributed by atoms with Crippen molar-refractivity contribution in [3.8, 4) is 11.5 Å². The fourth-order valence-corrected chi connectivity index (χ4v) is 5.73. The van der Waals surface area contributed by atoms with Crippen molar-refractivity contribution >= 4 is 27.3 Å². The van der Waals surface area contributed by atoms with Gasteiger partial charge in [-0.25, -0.2) is 8.42 Å². The van der Waals surface area contributed by atoms with Crippen LogP contribution in [0.1, 0.15) is 24.0 Å². The number of carbonyl (C=O) groups excluding carboxylic acids is 1. The number of methoxy groups -OCH3 is 2. The average molecular weight is 524 g/mol. The highest BCUT2D eigenvalue weighted by molar-refractivity contribution is 7.92. The quantitative estimate of drug-likeness (QED) is 0.430. The zero-order valence-electron chi connectivity index (χ0n) is 21.4. The average Bonchev–Trinajstić information content (AvgIpc) is 3.46. The summed E-state index contributed by atoms with van der Waals surface area (Å²) in [5, 5.41) is 2.86. The molecular formula is C28H33N3O5S. The lowest BCUT2D eigenvalue weighted by atomic mass is 10.2. The van der Waals surface area contributed by atoms with Gasteiger partial charge in [0.1, 0.15) is 6.54 Å². The van der Waals surface area contributed by atoms with E-state index in [1.165, 1.54) is 44.9 Å². The number of nitrogens with zero attached hydrogens (tertiary/aromatic N) is 2. The van der Waals surface area contributed by atoms with E-state index in [0.717, 1.165) is 28.5 Å². The predicted molar refractivity (Wildman–Crippen MR) is 145 cm³/mol. The van der Waals surface area contributed by atoms with Crippen molar-refractivity contribution in [1.82, 2.24) is 5.32 Å². The topological polar surface area (TPSA) is 88.2 Å². The van der Waals surface area contributed by atoms with Crippen molar-refractivity contribution in [2.24, 2.45) is 0 Å². The summed E-state index contributed by atoms with van der Waals surface area (Å²) in [6.45, 7) is 3.92. The molecule has 0 unspecified atom stereocenters. The number of anilines is 2. The summed E-state index contributed by atoms with van der Waals surface area (Å²) in [4.78, 5) is 15.4. The van der Waals surface area contributed by atoms with Crippen molar-refractivity contribution < 1.29 is 22.7 Å². The van der Waals surface area contributed by atoms with Crippen LogP contribution in [0, 0.1) is 6.92 Å². The molecule has 1 fully saturated rings. The second-order valence-corrected chi connectivity index (χ2v) is 10.9. The van der Waals surface area contributed by atoms with Crippen molar-refractivity contribution in [2.75, 3.05) is 43.1 Å². The first-order chi connectivity index (χ1) is 17.8. The molecule has 0 saturated carbocycles. The lowest BCUT2D eigenvalue weighted by Gasteiger charge is -2.25. The van der Waals surface area contributed by atoms with E-state index in [1.54, 1.807) is 30.3 Å². The number of amides is 1. The third-order valence-corrected chi connectivity index (χ3v) is 8.24. The number of carbonyl (C=O) groups is 1. The molecule has 0 radical (unpaired) electrons. The van der Waals surface area contributed by atoms with E-state index in [9.17, 15) is 13.2 Å². The monoisotopic (exact) mass is 523 g/mol. The number of ether oxygens (including phenoxy) is 2. The van der Waals surface area contributed by atoms with E-state index in [2.05, 4.69) is 22.3 Å². The van der Waals surface area contributed by atoms with Gasteiger partial charge in [-0.05, 0) is 61.7 Å². The minimum atomic E-state index is -4.04. The molecular weight excluding hydrogens is 490 g/mol. The van der Waals surface area contributed by atoms with Crippen molar-refractivity contribution in [2.45, 2.75) is 31.2 Å². The maximum atomic E-state index is 13.6. The third kappa shape index (κ3) is 6.17. The molecule has 8 nitrogen and oxygen atoms in total. The van der Waals surface area contributed by atoms with Gasteiger partial charge in [0.05, 0.1) is 24.8 Å². The molecule has 1 saturated heterocycles. The zero-order chi connectivity index (χ0) is 26.4. The lowest BCUT2D eigenvalue weighted by molar-refractivity contribution is -0.119. The number of hydrogen-bond donors (Lipinski definition) is 1. The largest absolute Gasteiger partial charge is 0.493 e. The van der Waals surface area contributed by atoms with E-state index in [0.29, 0.717) is 23.7 Å². The summed E-state index contributed by atoms with van der Waals surface area (Å²) in [5.74, 6) is 0.400. The highest BCUT2D eigenvalue weighted by atomic mass is 32.2. The summed E-state index contributed by atoms with van der Waals surface area (Å²) >= 11 is 0. The Balaban J connectivity index is 1.54. The van der Waals surface area contributed by atoms with Crippen LogP contribution in [0.3, 0.4) is 0 Å². The second kappa shape index (κ2) is 11.6. The maximum Gasteiger partial charge on any atom is 0.264 e. The molecule has 0 spiro atoms. The van der Waals surface area contributed by atoms with E-state index in [1.807, 2.05) is 19.1 Å². The molecule has 0 atom stereocenters. The Labute approximate surface area is 218 Å². The Hall–Kier alpha value is -3.72. The summed E-state index contributed by atoms with van der Waals surface area (Å²) < 4.78 is 39.0. The van der Waals surface area contributed by atoms with Gasteiger partial charge in [0.25, 0.3) is 10.0 Å². The van der Waals surface area contributed by atoms with Crippen LogP contribution >= 0.6 is 0 Å². The second-order valence-electron chi connectivity index (χ2n) is 9.00. The van der Waals surface area contributed by atoms with Crippen molar-refractivity contribution in [3.05, 3.63) is 77.9 Å². The number of sulfonamides is 1. The fourth-order valence-electron chi connectivity index (χ4n) is 4.32. The summed E-state index contributed by atoms with van der Waals surface area (Å²) in [7, 11) is -1.06. The molecule has 0 aliphatic carbocycles. The highest BCUT2D eigenvalue weighted by Crippen LogP contribution is 2.33. The molecule has 1 aliphatic heterocycles. The predicted octanol–water partition coefficient (Wildman–Crippen LogP) is 4.12. The molecule has 3 aromatic carbocycles. The first-order valence-corrected chi connectivity index (χ1v) is 13.7. The van der Waals surface area contributed by atoms with Crippen molar-refractivity contribution in [1.29, 1.82) is 0 Å². The van der Waals surface area contributed by atoms with E-state index in [-0.39, 0.29) is 4.90 Å². The molecule has 196 valence electrons. The van der Waals surface area contributed by atoms with E-state index in [4.69, 9.17) is 9.47 Å². The molecule has 1 N–H and O–H groups in total. The first-order valence-electron chi connectivity index (χ1n) is 12.2.